The molecule has 0 aromatic rings. The zero-order chi connectivity index (χ0) is 69.0. The fourth-order valence-electron chi connectivity index (χ4n) is 12.8. The van der Waals surface area contributed by atoms with Crippen molar-refractivity contribution < 1.29 is 42.1 Å². The Bertz CT molecular complexity index is 1740. The molecule has 9 nitrogen and oxygen atoms in total. The quantitative estimate of drug-likeness (QED) is 0.0195. The summed E-state index contributed by atoms with van der Waals surface area (Å²) in [6, 6.07) is 0. The number of phosphoric ester groups is 1. The Kier molecular flexibility index (Phi) is 74.5. The van der Waals surface area contributed by atoms with Crippen LogP contribution >= 0.6 is 7.82 Å². The number of hydrogen-bond acceptors (Lipinski definition) is 8. The summed E-state index contributed by atoms with van der Waals surface area (Å²) in [5.74, 6) is -0.805. The molecular formula is C85H162NO8P. The van der Waals surface area contributed by atoms with Gasteiger partial charge in [-0.2, -0.15) is 0 Å². The van der Waals surface area contributed by atoms with Crippen LogP contribution in [0.2, 0.25) is 0 Å². The Hall–Kier alpha value is -2.03. The molecule has 2 unspecified atom stereocenters. The normalized spacial score (nSPS) is 13.2. The number of carbonyl (C=O) groups excluding carboxylic acids is 2. The van der Waals surface area contributed by atoms with E-state index in [0.29, 0.717) is 17.4 Å². The summed E-state index contributed by atoms with van der Waals surface area (Å²) in [7, 11) is 1.19. The van der Waals surface area contributed by atoms with E-state index in [4.69, 9.17) is 18.5 Å². The van der Waals surface area contributed by atoms with Crippen LogP contribution in [0.25, 0.3) is 0 Å². The van der Waals surface area contributed by atoms with Crippen molar-refractivity contribution in [3.63, 3.8) is 0 Å². The summed E-state index contributed by atoms with van der Waals surface area (Å²) in [5, 5.41) is 0. The summed E-state index contributed by atoms with van der Waals surface area (Å²) in [6.07, 6.45) is 101. The third kappa shape index (κ3) is 80.8. The lowest BCUT2D eigenvalue weighted by Crippen LogP contribution is -2.37. The van der Waals surface area contributed by atoms with Crippen LogP contribution in [0.1, 0.15) is 431 Å². The molecule has 0 fully saturated rings. The number of likely N-dealkylation sites (N-methyl/N-ethyl adjacent to an activating group) is 1. The molecule has 2 atom stereocenters. The summed E-state index contributed by atoms with van der Waals surface area (Å²) < 4.78 is 34.5. The van der Waals surface area contributed by atoms with Crippen LogP contribution in [0.15, 0.2) is 48.6 Å². The van der Waals surface area contributed by atoms with E-state index < -0.39 is 26.5 Å². The molecule has 560 valence electrons. The van der Waals surface area contributed by atoms with Crippen LogP contribution in [-0.2, 0) is 32.7 Å². The van der Waals surface area contributed by atoms with Gasteiger partial charge in [0.1, 0.15) is 19.8 Å². The minimum atomic E-state index is -4.64. The summed E-state index contributed by atoms with van der Waals surface area (Å²) >= 11 is 0. The number of allylic oxidation sites excluding steroid dienone is 8. The molecule has 0 bridgehead atoms. The lowest BCUT2D eigenvalue weighted by molar-refractivity contribution is -0.870. The maximum Gasteiger partial charge on any atom is 0.306 e. The predicted molar refractivity (Wildman–Crippen MR) is 411 cm³/mol. The topological polar surface area (TPSA) is 111 Å². The molecule has 0 heterocycles. The van der Waals surface area contributed by atoms with Gasteiger partial charge in [-0.1, -0.05) is 416 Å². The number of rotatable bonds is 79. The van der Waals surface area contributed by atoms with Crippen molar-refractivity contribution in [3.8, 4) is 0 Å². The number of phosphoric acid groups is 1. The summed E-state index contributed by atoms with van der Waals surface area (Å²) in [5.41, 5.74) is 0. The van der Waals surface area contributed by atoms with Gasteiger partial charge >= 0.3 is 11.9 Å². The van der Waals surface area contributed by atoms with E-state index in [0.717, 1.165) is 57.8 Å². The minimum Gasteiger partial charge on any atom is -0.756 e. The number of unbranched alkanes of at least 4 members (excludes halogenated alkanes) is 57. The molecule has 0 aromatic heterocycles. The van der Waals surface area contributed by atoms with Crippen molar-refractivity contribution in [2.45, 2.75) is 437 Å². The summed E-state index contributed by atoms with van der Waals surface area (Å²) in [6.45, 7) is 4.22. The van der Waals surface area contributed by atoms with Crippen molar-refractivity contribution >= 4 is 19.8 Å². The Morgan fingerprint density at radius 3 is 0.895 bits per heavy atom. The maximum atomic E-state index is 12.9. The lowest BCUT2D eigenvalue weighted by Gasteiger charge is -2.28. The molecule has 0 N–H and O–H groups in total. The van der Waals surface area contributed by atoms with Gasteiger partial charge in [-0.25, -0.2) is 0 Å². The predicted octanol–water partition coefficient (Wildman–Crippen LogP) is 27.3. The number of quaternary nitrogens is 1. The second-order valence-electron chi connectivity index (χ2n) is 29.8. The zero-order valence-corrected chi connectivity index (χ0v) is 65.0. The molecule has 0 radical (unpaired) electrons. The highest BCUT2D eigenvalue weighted by Crippen LogP contribution is 2.38. The first kappa shape index (κ1) is 93.0. The SMILES string of the molecule is CC/C=C\C/C=C\C/C=C\C/C=C\CCCCCCCCCCCCCCCCCCCCCCCCCCCCC(=O)OC(COC(=O)CCCCCCCCCCCCCCCCCCCCCCCCCCCCCCCCCC)COP(=O)([O-])OCC[N+](C)(C)C. The van der Waals surface area contributed by atoms with Gasteiger partial charge in [0.25, 0.3) is 7.82 Å². The second-order valence-corrected chi connectivity index (χ2v) is 31.2. The van der Waals surface area contributed by atoms with Crippen molar-refractivity contribution in [3.05, 3.63) is 48.6 Å². The highest BCUT2D eigenvalue weighted by Gasteiger charge is 2.22. The average Bonchev–Trinajstić information content (AvgIpc) is 2.18. The number of carbonyl (C=O) groups is 2. The van der Waals surface area contributed by atoms with E-state index in [1.807, 2.05) is 21.1 Å². The number of hydrogen-bond donors (Lipinski definition) is 0. The monoisotopic (exact) mass is 1360 g/mol. The molecule has 95 heavy (non-hydrogen) atoms. The van der Waals surface area contributed by atoms with Crippen LogP contribution in [0, 0.1) is 0 Å². The Morgan fingerprint density at radius 1 is 0.337 bits per heavy atom. The third-order valence-electron chi connectivity index (χ3n) is 19.1. The van der Waals surface area contributed by atoms with Gasteiger partial charge in [0.2, 0.25) is 0 Å². The van der Waals surface area contributed by atoms with E-state index >= 15 is 0 Å². The van der Waals surface area contributed by atoms with Crippen molar-refractivity contribution in [1.82, 2.24) is 0 Å². The van der Waals surface area contributed by atoms with Crippen LogP contribution in [0.3, 0.4) is 0 Å². The van der Waals surface area contributed by atoms with Crippen molar-refractivity contribution in [2.24, 2.45) is 0 Å². The molecule has 10 heteroatoms. The molecule has 0 saturated carbocycles. The maximum absolute atomic E-state index is 12.9. The molecule has 0 aliphatic carbocycles. The summed E-state index contributed by atoms with van der Waals surface area (Å²) in [4.78, 5) is 38.2. The fraction of sp³-hybridized carbons (Fsp3) is 0.882. The van der Waals surface area contributed by atoms with Gasteiger partial charge in [0, 0.05) is 12.8 Å². The van der Waals surface area contributed by atoms with E-state index in [2.05, 4.69) is 62.5 Å². The Labute approximate surface area is 592 Å². The van der Waals surface area contributed by atoms with Gasteiger partial charge in [0.15, 0.2) is 6.10 Å². The molecule has 0 aromatic carbocycles. The third-order valence-corrected chi connectivity index (χ3v) is 20.1. The largest absolute Gasteiger partial charge is 0.756 e. The van der Waals surface area contributed by atoms with Gasteiger partial charge in [-0.3, -0.25) is 14.2 Å². The highest BCUT2D eigenvalue weighted by atomic mass is 31.2. The molecule has 0 amide bonds. The van der Waals surface area contributed by atoms with Crippen LogP contribution in [-0.4, -0.2) is 70.0 Å². The smallest absolute Gasteiger partial charge is 0.306 e. The first-order valence-corrected chi connectivity index (χ1v) is 43.3. The molecule has 0 aliphatic rings. The van der Waals surface area contributed by atoms with E-state index in [9.17, 15) is 19.0 Å². The molecular weight excluding hydrogens is 1190 g/mol. The van der Waals surface area contributed by atoms with Gasteiger partial charge in [0.05, 0.1) is 27.7 Å². The molecule has 0 spiro atoms. The van der Waals surface area contributed by atoms with E-state index in [1.54, 1.807) is 0 Å². The van der Waals surface area contributed by atoms with E-state index in [1.165, 1.54) is 340 Å². The van der Waals surface area contributed by atoms with Crippen LogP contribution in [0.5, 0.6) is 0 Å². The number of esters is 2. The number of ether oxygens (including phenoxy) is 2. The fourth-order valence-corrected chi connectivity index (χ4v) is 13.5. The minimum absolute atomic E-state index is 0.0269. The Morgan fingerprint density at radius 2 is 0.600 bits per heavy atom. The first-order chi connectivity index (χ1) is 46.5. The van der Waals surface area contributed by atoms with Crippen molar-refractivity contribution in [1.29, 1.82) is 0 Å². The van der Waals surface area contributed by atoms with E-state index in [-0.39, 0.29) is 32.0 Å². The van der Waals surface area contributed by atoms with Crippen molar-refractivity contribution in [2.75, 3.05) is 47.5 Å². The van der Waals surface area contributed by atoms with Gasteiger partial charge < -0.3 is 27.9 Å². The average molecular weight is 1360 g/mol. The second kappa shape index (κ2) is 76.2. The van der Waals surface area contributed by atoms with Crippen LogP contribution in [0.4, 0.5) is 0 Å². The standard InChI is InChI=1S/C85H162NO8P/c1-6-8-10-12-14-16-18-20-22-24-26-28-30-32-34-36-38-40-41-42-43-44-45-46-48-50-52-54-56-58-60-62-64-66-68-70-72-74-76-78-85(88)94-83(82-93-95(89,90)92-80-79-86(3,4)5)81-91-84(87)77-75-73-71-69-67-65-63-61-59-57-55-53-51-49-47-39-37-35-33-31-29-27-25-23-21-19-17-15-13-11-9-7-2/h8,10,14,16,20,22,26,28,83H,6-7,9,11-13,15,17-19,21,23-25,27,29-82H2,1-5H3/b10-8-,16-14-,22-20-,28-26-. The molecule has 0 rings (SSSR count). The highest BCUT2D eigenvalue weighted by molar-refractivity contribution is 7.45. The molecule has 0 aliphatic heterocycles. The Balaban J connectivity index is 3.87. The zero-order valence-electron chi connectivity index (χ0n) is 64.1. The van der Waals surface area contributed by atoms with Gasteiger partial charge in [-0.15, -0.1) is 0 Å². The van der Waals surface area contributed by atoms with Gasteiger partial charge in [-0.05, 0) is 51.4 Å². The lowest BCUT2D eigenvalue weighted by atomic mass is 10.0. The first-order valence-electron chi connectivity index (χ1n) is 41.8. The molecule has 0 saturated heterocycles. The van der Waals surface area contributed by atoms with Crippen LogP contribution < -0.4 is 4.89 Å². The number of nitrogens with zero attached hydrogens (tertiary/aromatic N) is 1.